The van der Waals surface area contributed by atoms with Crippen LogP contribution in [0.25, 0.3) is 5.69 Å². The Morgan fingerprint density at radius 2 is 2.04 bits per heavy atom. The lowest BCUT2D eigenvalue weighted by Gasteiger charge is -2.14. The topological polar surface area (TPSA) is 92.7 Å². The van der Waals surface area contributed by atoms with E-state index in [4.69, 9.17) is 0 Å². The third kappa shape index (κ3) is 3.18. The van der Waals surface area contributed by atoms with E-state index in [1.165, 1.54) is 24.8 Å². The summed E-state index contributed by atoms with van der Waals surface area (Å²) in [4.78, 5) is 30.4. The van der Waals surface area contributed by atoms with Crippen LogP contribution in [0.4, 0.5) is 0 Å². The van der Waals surface area contributed by atoms with E-state index in [1.54, 1.807) is 11.0 Å². The molecule has 0 aliphatic carbocycles. The molecule has 23 heavy (non-hydrogen) atoms. The number of carbonyl (C=O) groups is 1. The number of aromatic amines is 1. The van der Waals surface area contributed by atoms with Gasteiger partial charge in [-0.3, -0.25) is 9.59 Å². The highest BCUT2D eigenvalue weighted by molar-refractivity contribution is 5.93. The van der Waals surface area contributed by atoms with Gasteiger partial charge >= 0.3 is 0 Å². The van der Waals surface area contributed by atoms with Crippen LogP contribution in [-0.2, 0) is 0 Å². The first-order valence-corrected chi connectivity index (χ1v) is 7.08. The highest BCUT2D eigenvalue weighted by Gasteiger charge is 2.14. The maximum absolute atomic E-state index is 12.1. The molecule has 2 N–H and O–H groups in total. The molecule has 1 atom stereocenters. The number of aromatic nitrogens is 4. The van der Waals surface area contributed by atoms with Crippen LogP contribution in [0, 0.1) is 0 Å². The SMILES string of the molecule is CC(NC(=O)c1c[nH]ccc1=O)c1ccc(-n2cncn2)cc1. The zero-order valence-corrected chi connectivity index (χ0v) is 12.4. The van der Waals surface area contributed by atoms with Gasteiger partial charge in [0.2, 0.25) is 0 Å². The summed E-state index contributed by atoms with van der Waals surface area (Å²) in [6.07, 6.45) is 5.97. The van der Waals surface area contributed by atoms with Crippen LogP contribution in [-0.4, -0.2) is 25.7 Å². The average molecular weight is 309 g/mol. The Morgan fingerprint density at radius 1 is 1.26 bits per heavy atom. The molecule has 0 saturated heterocycles. The monoisotopic (exact) mass is 309 g/mol. The molecule has 0 spiro atoms. The summed E-state index contributed by atoms with van der Waals surface area (Å²) in [5.41, 5.74) is 1.59. The van der Waals surface area contributed by atoms with E-state index < -0.39 is 5.91 Å². The highest BCUT2D eigenvalue weighted by Crippen LogP contribution is 2.15. The molecule has 2 aromatic heterocycles. The van der Waals surface area contributed by atoms with Crippen molar-refractivity contribution in [1.82, 2.24) is 25.1 Å². The third-order valence-electron chi connectivity index (χ3n) is 3.49. The van der Waals surface area contributed by atoms with E-state index in [0.717, 1.165) is 11.3 Å². The lowest BCUT2D eigenvalue weighted by molar-refractivity contribution is 0.0938. The predicted molar refractivity (Wildman–Crippen MR) is 84.3 cm³/mol. The van der Waals surface area contributed by atoms with E-state index >= 15 is 0 Å². The molecule has 0 radical (unpaired) electrons. The van der Waals surface area contributed by atoms with Crippen molar-refractivity contribution in [3.63, 3.8) is 0 Å². The minimum absolute atomic E-state index is 0.0959. The first-order chi connectivity index (χ1) is 11.1. The van der Waals surface area contributed by atoms with Gasteiger partial charge in [0.25, 0.3) is 5.91 Å². The van der Waals surface area contributed by atoms with E-state index in [9.17, 15) is 9.59 Å². The molecule has 1 aromatic carbocycles. The number of pyridine rings is 1. The number of rotatable bonds is 4. The molecule has 0 saturated carbocycles. The Balaban J connectivity index is 1.73. The van der Waals surface area contributed by atoms with E-state index in [1.807, 2.05) is 31.2 Å². The second-order valence-corrected chi connectivity index (χ2v) is 5.05. The van der Waals surface area contributed by atoms with Crippen LogP contribution in [0.15, 0.2) is 60.2 Å². The van der Waals surface area contributed by atoms with Crippen LogP contribution >= 0.6 is 0 Å². The van der Waals surface area contributed by atoms with Crippen molar-refractivity contribution in [2.45, 2.75) is 13.0 Å². The van der Waals surface area contributed by atoms with Gasteiger partial charge in [0, 0.05) is 18.5 Å². The standard InChI is InChI=1S/C16H15N5O2/c1-11(20-16(23)14-8-17-7-6-15(14)22)12-2-4-13(5-3-12)21-10-18-9-19-21/h2-11H,1H3,(H,17,22)(H,20,23). The van der Waals surface area contributed by atoms with Crippen LogP contribution in [0.3, 0.4) is 0 Å². The molecule has 3 rings (SSSR count). The van der Waals surface area contributed by atoms with Gasteiger partial charge in [0.05, 0.1) is 11.7 Å². The normalized spacial score (nSPS) is 11.9. The van der Waals surface area contributed by atoms with Crippen molar-refractivity contribution < 1.29 is 4.79 Å². The molecule has 1 amide bonds. The Morgan fingerprint density at radius 3 is 2.70 bits per heavy atom. The van der Waals surface area contributed by atoms with Gasteiger partial charge in [-0.25, -0.2) is 9.67 Å². The van der Waals surface area contributed by atoms with Gasteiger partial charge in [-0.1, -0.05) is 12.1 Å². The predicted octanol–water partition coefficient (Wildman–Crippen LogP) is 1.45. The first-order valence-electron chi connectivity index (χ1n) is 7.08. The largest absolute Gasteiger partial charge is 0.367 e. The average Bonchev–Trinajstić information content (AvgIpc) is 3.09. The zero-order valence-electron chi connectivity index (χ0n) is 12.4. The Bertz CT molecular complexity index is 853. The Labute approximate surface area is 132 Å². The Kier molecular flexibility index (Phi) is 4.01. The number of hydrogen-bond donors (Lipinski definition) is 2. The first kappa shape index (κ1) is 14.7. The number of nitrogens with zero attached hydrogens (tertiary/aromatic N) is 3. The number of H-pyrrole nitrogens is 1. The molecule has 3 aromatic rings. The fraction of sp³-hybridized carbons (Fsp3) is 0.125. The molecule has 1 unspecified atom stereocenters. The zero-order chi connectivity index (χ0) is 16.2. The van der Waals surface area contributed by atoms with E-state index in [0.29, 0.717) is 0 Å². The van der Waals surface area contributed by atoms with Gasteiger partial charge in [-0.15, -0.1) is 0 Å². The number of nitrogens with one attached hydrogen (secondary N) is 2. The summed E-state index contributed by atoms with van der Waals surface area (Å²) < 4.78 is 1.65. The lowest BCUT2D eigenvalue weighted by atomic mass is 10.1. The molecule has 0 aliphatic heterocycles. The molecule has 0 fully saturated rings. The van der Waals surface area contributed by atoms with Crippen LogP contribution in [0.1, 0.15) is 28.9 Å². The summed E-state index contributed by atoms with van der Waals surface area (Å²) >= 11 is 0. The maximum Gasteiger partial charge on any atom is 0.257 e. The molecular weight excluding hydrogens is 294 g/mol. The van der Waals surface area contributed by atoms with Crippen LogP contribution < -0.4 is 10.7 Å². The maximum atomic E-state index is 12.1. The molecule has 2 heterocycles. The van der Waals surface area contributed by atoms with E-state index in [-0.39, 0.29) is 17.0 Å². The molecular formula is C16H15N5O2. The molecule has 0 bridgehead atoms. The number of hydrogen-bond acceptors (Lipinski definition) is 4. The summed E-state index contributed by atoms with van der Waals surface area (Å²) in [5, 5.41) is 6.87. The fourth-order valence-electron chi connectivity index (χ4n) is 2.21. The molecule has 116 valence electrons. The second kappa shape index (κ2) is 6.27. The highest BCUT2D eigenvalue weighted by atomic mass is 16.2. The second-order valence-electron chi connectivity index (χ2n) is 5.05. The Hall–Kier alpha value is -3.22. The summed E-state index contributed by atoms with van der Waals surface area (Å²) in [5.74, 6) is -0.403. The van der Waals surface area contributed by atoms with Crippen LogP contribution in [0.2, 0.25) is 0 Å². The van der Waals surface area contributed by atoms with Crippen molar-refractivity contribution >= 4 is 5.91 Å². The minimum Gasteiger partial charge on any atom is -0.367 e. The summed E-state index contributed by atoms with van der Waals surface area (Å²) in [6, 6.07) is 8.68. The van der Waals surface area contributed by atoms with Crippen molar-refractivity contribution in [3.05, 3.63) is 76.7 Å². The minimum atomic E-state index is -0.403. The van der Waals surface area contributed by atoms with Crippen molar-refractivity contribution in [1.29, 1.82) is 0 Å². The van der Waals surface area contributed by atoms with E-state index in [2.05, 4.69) is 20.4 Å². The van der Waals surface area contributed by atoms with Crippen LogP contribution in [0.5, 0.6) is 0 Å². The van der Waals surface area contributed by atoms with Gasteiger partial charge in [0.15, 0.2) is 5.43 Å². The molecule has 7 heteroatoms. The van der Waals surface area contributed by atoms with Crippen molar-refractivity contribution in [2.24, 2.45) is 0 Å². The lowest BCUT2D eigenvalue weighted by Crippen LogP contribution is -2.30. The van der Waals surface area contributed by atoms with Crippen molar-refractivity contribution in [2.75, 3.05) is 0 Å². The summed E-state index contributed by atoms with van der Waals surface area (Å²) in [7, 11) is 0. The smallest absolute Gasteiger partial charge is 0.257 e. The van der Waals surface area contributed by atoms with Gasteiger partial charge in [-0.05, 0) is 24.6 Å². The number of carbonyl (C=O) groups excluding carboxylic acids is 1. The van der Waals surface area contributed by atoms with Gasteiger partial charge in [0.1, 0.15) is 18.2 Å². The quantitative estimate of drug-likeness (QED) is 0.763. The third-order valence-corrected chi connectivity index (χ3v) is 3.49. The van der Waals surface area contributed by atoms with Gasteiger partial charge < -0.3 is 10.3 Å². The fourth-order valence-corrected chi connectivity index (χ4v) is 2.21. The molecule has 0 aliphatic rings. The van der Waals surface area contributed by atoms with Gasteiger partial charge in [-0.2, -0.15) is 5.10 Å². The number of amides is 1. The molecule has 7 nitrogen and oxygen atoms in total. The summed E-state index contributed by atoms with van der Waals surface area (Å²) in [6.45, 7) is 1.86. The number of benzene rings is 1. The van der Waals surface area contributed by atoms with Crippen molar-refractivity contribution in [3.8, 4) is 5.69 Å².